The lowest BCUT2D eigenvalue weighted by atomic mass is 10.1. The molecule has 0 spiro atoms. The van der Waals surface area contributed by atoms with Crippen molar-refractivity contribution in [3.63, 3.8) is 0 Å². The Kier molecular flexibility index (Phi) is 8.92. The molecule has 12 heteroatoms. The van der Waals surface area contributed by atoms with E-state index in [1.54, 1.807) is 48.5 Å². The third-order valence-electron chi connectivity index (χ3n) is 6.31. The number of aromatic amines is 1. The lowest BCUT2D eigenvalue weighted by Gasteiger charge is -2.16. The Morgan fingerprint density at radius 2 is 1.98 bits per heavy atom. The molecule has 0 fully saturated rings. The largest absolute Gasteiger partial charge is 0.494 e. The summed E-state index contributed by atoms with van der Waals surface area (Å²) in [4.78, 5) is 39.4. The van der Waals surface area contributed by atoms with E-state index in [9.17, 15) is 14.9 Å². The molecular formula is C31H26ClN7O3S. The van der Waals surface area contributed by atoms with E-state index < -0.39 is 0 Å². The van der Waals surface area contributed by atoms with Gasteiger partial charge in [-0.1, -0.05) is 41.6 Å². The van der Waals surface area contributed by atoms with Crippen molar-refractivity contribution in [2.24, 2.45) is 0 Å². The van der Waals surface area contributed by atoms with Crippen LogP contribution in [0.4, 0.5) is 17.1 Å². The van der Waals surface area contributed by atoms with Crippen LogP contribution in [0.1, 0.15) is 5.56 Å². The van der Waals surface area contributed by atoms with Crippen LogP contribution >= 0.6 is 23.4 Å². The van der Waals surface area contributed by atoms with Gasteiger partial charge in [0.2, 0.25) is 5.91 Å². The summed E-state index contributed by atoms with van der Waals surface area (Å²) in [6.07, 6.45) is 4.68. The molecule has 0 aliphatic carbocycles. The molecule has 10 nitrogen and oxygen atoms in total. The highest BCUT2D eigenvalue weighted by Crippen LogP contribution is 2.38. The van der Waals surface area contributed by atoms with Gasteiger partial charge in [-0.05, 0) is 50.5 Å². The summed E-state index contributed by atoms with van der Waals surface area (Å²) in [7, 11) is 5.32. The maximum atomic E-state index is 12.6. The van der Waals surface area contributed by atoms with Gasteiger partial charge in [0.1, 0.15) is 11.8 Å². The van der Waals surface area contributed by atoms with Crippen molar-refractivity contribution < 1.29 is 9.53 Å². The number of likely N-dealkylation sites (N-methyl/N-ethyl adjacent to an activating group) is 1. The van der Waals surface area contributed by atoms with Crippen LogP contribution in [0.15, 0.2) is 87.8 Å². The number of nitrogens with zero attached hydrogens (tertiary/aromatic N) is 4. The number of benzene rings is 3. The van der Waals surface area contributed by atoms with Gasteiger partial charge in [0.15, 0.2) is 5.16 Å². The molecule has 216 valence electrons. The molecule has 1 amide bonds. The number of aromatic nitrogens is 3. The Morgan fingerprint density at radius 3 is 2.72 bits per heavy atom. The Morgan fingerprint density at radius 1 is 1.16 bits per heavy atom. The van der Waals surface area contributed by atoms with E-state index >= 15 is 0 Å². The Bertz CT molecular complexity index is 1990. The third kappa shape index (κ3) is 6.79. The fraction of sp³-hybridized carbons (Fsp3) is 0.129. The van der Waals surface area contributed by atoms with E-state index in [2.05, 4.69) is 31.7 Å². The van der Waals surface area contributed by atoms with Gasteiger partial charge in [-0.2, -0.15) is 5.26 Å². The van der Waals surface area contributed by atoms with Crippen LogP contribution in [0.5, 0.6) is 5.75 Å². The van der Waals surface area contributed by atoms with E-state index in [4.69, 9.17) is 16.3 Å². The van der Waals surface area contributed by atoms with Gasteiger partial charge in [-0.15, -0.1) is 0 Å². The topological polar surface area (TPSA) is 136 Å². The number of rotatable bonds is 9. The maximum Gasteiger partial charge on any atom is 0.259 e. The molecule has 3 N–H and O–H groups in total. The van der Waals surface area contributed by atoms with E-state index in [0.717, 1.165) is 0 Å². The number of pyridine rings is 1. The number of ether oxygens (including phenoxy) is 1. The predicted molar refractivity (Wildman–Crippen MR) is 171 cm³/mol. The van der Waals surface area contributed by atoms with Crippen molar-refractivity contribution in [3.05, 3.63) is 93.9 Å². The Balaban J connectivity index is 1.45. The molecule has 0 unspecified atom stereocenters. The van der Waals surface area contributed by atoms with Gasteiger partial charge < -0.3 is 25.3 Å². The van der Waals surface area contributed by atoms with Gasteiger partial charge >= 0.3 is 0 Å². The molecule has 2 aromatic heterocycles. The molecule has 0 bridgehead atoms. The first-order chi connectivity index (χ1) is 20.7. The zero-order valence-electron chi connectivity index (χ0n) is 23.4. The van der Waals surface area contributed by atoms with Crippen LogP contribution in [0.25, 0.3) is 21.8 Å². The molecule has 3 aromatic carbocycles. The van der Waals surface area contributed by atoms with Gasteiger partial charge in [-0.3, -0.25) is 14.6 Å². The molecule has 0 radical (unpaired) electrons. The fourth-order valence-corrected chi connectivity index (χ4v) is 5.36. The Labute approximate surface area is 256 Å². The number of nitriles is 1. The van der Waals surface area contributed by atoms with Crippen LogP contribution in [0.2, 0.25) is 5.02 Å². The van der Waals surface area contributed by atoms with Crippen molar-refractivity contribution in [1.29, 1.82) is 5.26 Å². The number of halogens is 1. The van der Waals surface area contributed by atoms with Crippen LogP contribution in [0.3, 0.4) is 0 Å². The standard InChI is InChI=1S/C31H26ClN7O3S/c1-39(2)12-6-9-28(40)36-25-14-21-24(15-26(25)42-3)34-17-18(16-33)29(21)35-19-10-11-27(22(32)13-19)43-31-37-23-8-5-4-7-20(23)30(41)38-31/h4-11,13-15,17H,12H2,1-3H3,(H,34,35)(H,36,40)(H,37,38,41)/b9-6+. The minimum Gasteiger partial charge on any atom is -0.494 e. The second kappa shape index (κ2) is 13.0. The molecule has 43 heavy (non-hydrogen) atoms. The van der Waals surface area contributed by atoms with Crippen LogP contribution < -0.4 is 20.9 Å². The number of methoxy groups -OCH3 is 1. The zero-order chi connectivity index (χ0) is 30.5. The van der Waals surface area contributed by atoms with Gasteiger partial charge in [0, 0.05) is 40.9 Å². The number of para-hydroxylation sites is 1. The molecule has 2 heterocycles. The summed E-state index contributed by atoms with van der Waals surface area (Å²) in [5.74, 6) is 0.107. The first-order valence-corrected chi connectivity index (χ1v) is 14.2. The van der Waals surface area contributed by atoms with Gasteiger partial charge in [0.25, 0.3) is 5.56 Å². The highest BCUT2D eigenvalue weighted by molar-refractivity contribution is 7.99. The number of hydrogen-bond acceptors (Lipinski definition) is 9. The second-order valence-electron chi connectivity index (χ2n) is 9.64. The molecule has 0 aliphatic rings. The first-order valence-electron chi connectivity index (χ1n) is 13.0. The number of carbonyl (C=O) groups excluding carboxylic acids is 1. The Hall–Kier alpha value is -4.89. The van der Waals surface area contributed by atoms with Crippen molar-refractivity contribution in [2.45, 2.75) is 10.1 Å². The minimum absolute atomic E-state index is 0.229. The number of amides is 1. The average Bonchev–Trinajstić information content (AvgIpc) is 2.98. The second-order valence-corrected chi connectivity index (χ2v) is 11.1. The minimum atomic E-state index is -0.319. The summed E-state index contributed by atoms with van der Waals surface area (Å²) in [6.45, 7) is 0.613. The van der Waals surface area contributed by atoms with Gasteiger partial charge in [0.05, 0.1) is 45.5 Å². The number of nitrogens with one attached hydrogen (secondary N) is 3. The van der Waals surface area contributed by atoms with Gasteiger partial charge in [-0.25, -0.2) is 4.98 Å². The number of hydrogen-bond donors (Lipinski definition) is 3. The van der Waals surface area contributed by atoms with Crippen molar-refractivity contribution >= 4 is 68.1 Å². The number of fused-ring (bicyclic) bond motifs is 2. The first kappa shape index (κ1) is 29.6. The molecule has 0 atom stereocenters. The molecular weight excluding hydrogens is 586 g/mol. The number of carbonyl (C=O) groups is 1. The monoisotopic (exact) mass is 611 g/mol. The predicted octanol–water partition coefficient (Wildman–Crippen LogP) is 5.96. The van der Waals surface area contributed by atoms with Crippen LogP contribution in [-0.4, -0.2) is 53.5 Å². The van der Waals surface area contributed by atoms with Crippen molar-refractivity contribution in [1.82, 2.24) is 19.9 Å². The smallest absolute Gasteiger partial charge is 0.259 e. The van der Waals surface area contributed by atoms with Crippen molar-refractivity contribution in [2.75, 3.05) is 38.4 Å². The number of anilines is 3. The molecule has 5 aromatic rings. The summed E-state index contributed by atoms with van der Waals surface area (Å²) >= 11 is 7.88. The molecule has 0 saturated carbocycles. The van der Waals surface area contributed by atoms with Crippen LogP contribution in [-0.2, 0) is 4.79 Å². The summed E-state index contributed by atoms with van der Waals surface area (Å²) in [6, 6.07) is 18.0. The van der Waals surface area contributed by atoms with Crippen molar-refractivity contribution in [3.8, 4) is 11.8 Å². The molecule has 0 aliphatic heterocycles. The molecule has 0 saturated heterocycles. The average molecular weight is 612 g/mol. The van der Waals surface area contributed by atoms with E-state index in [1.807, 2.05) is 31.1 Å². The SMILES string of the molecule is COc1cc2ncc(C#N)c(Nc3ccc(Sc4nc5ccccc5c(=O)[nH]4)c(Cl)c3)c2cc1NC(=O)/C=C/CN(C)C. The summed E-state index contributed by atoms with van der Waals surface area (Å²) < 4.78 is 5.50. The zero-order valence-corrected chi connectivity index (χ0v) is 25.0. The maximum absolute atomic E-state index is 12.6. The van der Waals surface area contributed by atoms with E-state index in [1.165, 1.54) is 31.1 Å². The molecule has 5 rings (SSSR count). The summed E-state index contributed by atoms with van der Waals surface area (Å²) in [5.41, 5.74) is 2.76. The number of H-pyrrole nitrogens is 1. The van der Waals surface area contributed by atoms with E-state index in [-0.39, 0.29) is 11.5 Å². The third-order valence-corrected chi connectivity index (χ3v) is 7.69. The summed E-state index contributed by atoms with van der Waals surface area (Å²) in [5, 5.41) is 18.0. The highest BCUT2D eigenvalue weighted by atomic mass is 35.5. The normalized spacial score (nSPS) is 11.3. The van der Waals surface area contributed by atoms with Crippen LogP contribution in [0, 0.1) is 11.3 Å². The lowest BCUT2D eigenvalue weighted by molar-refractivity contribution is -0.111. The highest BCUT2D eigenvalue weighted by Gasteiger charge is 2.16. The van der Waals surface area contributed by atoms with E-state index in [0.29, 0.717) is 71.8 Å². The lowest BCUT2D eigenvalue weighted by Crippen LogP contribution is -2.13. The fourth-order valence-electron chi connectivity index (χ4n) is 4.27. The quantitative estimate of drug-likeness (QED) is 0.136.